The number of pyridine rings is 1. The van der Waals surface area contributed by atoms with Crippen molar-refractivity contribution in [3.63, 3.8) is 0 Å². The molecule has 1 aromatic heterocycles. The van der Waals surface area contributed by atoms with Gasteiger partial charge in [0.05, 0.1) is 17.6 Å². The molecule has 0 fully saturated rings. The topological polar surface area (TPSA) is 38.9 Å². The number of para-hydroxylation sites is 1. The van der Waals surface area contributed by atoms with Crippen LogP contribution in [0.4, 0.5) is 0 Å². The van der Waals surface area contributed by atoms with Crippen molar-refractivity contribution >= 4 is 10.9 Å². The quantitative estimate of drug-likeness (QED) is 0.657. The van der Waals surface area contributed by atoms with Crippen molar-refractivity contribution in [2.75, 3.05) is 6.54 Å². The van der Waals surface area contributed by atoms with E-state index >= 15 is 0 Å². The largest absolute Gasteiger partial charge is 0.330 e. The third-order valence-electron chi connectivity index (χ3n) is 2.81. The summed E-state index contributed by atoms with van der Waals surface area (Å²) >= 11 is 0. The van der Waals surface area contributed by atoms with Crippen molar-refractivity contribution < 1.29 is 0 Å². The van der Waals surface area contributed by atoms with Crippen molar-refractivity contribution in [3.8, 4) is 11.8 Å². The predicted octanol–water partition coefficient (Wildman–Crippen LogP) is 2.91. The van der Waals surface area contributed by atoms with E-state index in [2.05, 4.69) is 35.0 Å². The van der Waals surface area contributed by atoms with Crippen molar-refractivity contribution in [1.82, 2.24) is 4.98 Å². The highest BCUT2D eigenvalue weighted by Crippen LogP contribution is 2.11. The fourth-order valence-corrected chi connectivity index (χ4v) is 1.81. The lowest BCUT2D eigenvalue weighted by atomic mass is 10.2. The molecule has 0 amide bonds. The zero-order valence-corrected chi connectivity index (χ0v) is 10.5. The predicted molar refractivity (Wildman–Crippen MR) is 76.1 cm³/mol. The van der Waals surface area contributed by atoms with Gasteiger partial charge in [0.1, 0.15) is 0 Å². The van der Waals surface area contributed by atoms with Gasteiger partial charge in [-0.15, -0.1) is 5.92 Å². The molecule has 2 nitrogen and oxygen atoms in total. The molecule has 1 aromatic carbocycles. The molecular weight excluding hydrogens is 220 g/mol. The van der Waals surface area contributed by atoms with Gasteiger partial charge in [-0.3, -0.25) is 4.98 Å². The lowest BCUT2D eigenvalue weighted by molar-refractivity contribution is 0.767. The number of nitrogens with two attached hydrogens (primary N) is 1. The van der Waals surface area contributed by atoms with Crippen LogP contribution in [0.5, 0.6) is 0 Å². The number of hydrogen-bond acceptors (Lipinski definition) is 2. The van der Waals surface area contributed by atoms with Crippen LogP contribution in [0.2, 0.25) is 0 Å². The summed E-state index contributed by atoms with van der Waals surface area (Å²) < 4.78 is 0. The summed E-state index contributed by atoms with van der Waals surface area (Å²) in [4.78, 5) is 4.59. The third-order valence-corrected chi connectivity index (χ3v) is 2.81. The maximum absolute atomic E-state index is 5.43. The zero-order valence-electron chi connectivity index (χ0n) is 10.5. The first-order valence-electron chi connectivity index (χ1n) is 6.40. The van der Waals surface area contributed by atoms with Gasteiger partial charge < -0.3 is 5.73 Å². The molecule has 0 spiro atoms. The number of hydrogen-bond donors (Lipinski definition) is 1. The Morgan fingerprint density at radius 3 is 2.78 bits per heavy atom. The number of nitrogens with zero attached hydrogens (tertiary/aromatic N) is 1. The fourth-order valence-electron chi connectivity index (χ4n) is 1.81. The van der Waals surface area contributed by atoms with E-state index in [1.54, 1.807) is 0 Å². The van der Waals surface area contributed by atoms with Crippen LogP contribution in [-0.4, -0.2) is 11.5 Å². The number of fused-ring (bicyclic) bond motifs is 1. The maximum atomic E-state index is 5.43. The van der Waals surface area contributed by atoms with Crippen LogP contribution in [0.25, 0.3) is 10.9 Å². The average Bonchev–Trinajstić information content (AvgIpc) is 2.42. The molecule has 0 aliphatic rings. The molecule has 1 heterocycles. The minimum atomic E-state index is 0.730. The van der Waals surface area contributed by atoms with E-state index < -0.39 is 0 Å². The summed E-state index contributed by atoms with van der Waals surface area (Å²) in [6, 6.07) is 12.3. The molecule has 0 bridgehead atoms. The van der Waals surface area contributed by atoms with Crippen LogP contribution < -0.4 is 5.73 Å². The van der Waals surface area contributed by atoms with Crippen LogP contribution in [0.3, 0.4) is 0 Å². The monoisotopic (exact) mass is 238 g/mol. The van der Waals surface area contributed by atoms with Crippen molar-refractivity contribution in [2.24, 2.45) is 5.73 Å². The summed E-state index contributed by atoms with van der Waals surface area (Å²) in [6.45, 7) is 0.758. The number of unbranched alkanes of at least 4 members (excludes halogenated alkanes) is 2. The van der Waals surface area contributed by atoms with E-state index in [0.717, 1.165) is 43.4 Å². The SMILES string of the molecule is NCCCCC#CCc1ccc2ccccc2n1. The summed E-state index contributed by atoms with van der Waals surface area (Å²) in [5.41, 5.74) is 7.51. The molecule has 0 aliphatic carbocycles. The molecule has 0 saturated carbocycles. The van der Waals surface area contributed by atoms with Crippen LogP contribution in [0.1, 0.15) is 25.0 Å². The normalized spacial score (nSPS) is 10.1. The Balaban J connectivity index is 1.95. The van der Waals surface area contributed by atoms with Gasteiger partial charge in [0, 0.05) is 11.8 Å². The first kappa shape index (κ1) is 12.6. The zero-order chi connectivity index (χ0) is 12.6. The van der Waals surface area contributed by atoms with Gasteiger partial charge in [-0.2, -0.15) is 0 Å². The van der Waals surface area contributed by atoms with Gasteiger partial charge in [-0.1, -0.05) is 30.2 Å². The van der Waals surface area contributed by atoms with Crippen molar-refractivity contribution in [3.05, 3.63) is 42.1 Å². The molecule has 92 valence electrons. The molecule has 0 unspecified atom stereocenters. The molecule has 2 heteroatoms. The lowest BCUT2D eigenvalue weighted by Gasteiger charge is -1.98. The van der Waals surface area contributed by atoms with E-state index in [0.29, 0.717) is 0 Å². The fraction of sp³-hybridized carbons (Fsp3) is 0.312. The Morgan fingerprint density at radius 1 is 1.00 bits per heavy atom. The van der Waals surface area contributed by atoms with Crippen LogP contribution >= 0.6 is 0 Å². The second-order valence-corrected chi connectivity index (χ2v) is 4.27. The molecule has 0 radical (unpaired) electrons. The number of rotatable bonds is 4. The Bertz CT molecular complexity index is 564. The van der Waals surface area contributed by atoms with Gasteiger partial charge >= 0.3 is 0 Å². The summed E-state index contributed by atoms with van der Waals surface area (Å²) in [5.74, 6) is 6.34. The van der Waals surface area contributed by atoms with E-state index in [1.807, 2.05) is 18.2 Å². The summed E-state index contributed by atoms with van der Waals surface area (Å²) in [5, 5.41) is 1.18. The van der Waals surface area contributed by atoms with Crippen molar-refractivity contribution in [2.45, 2.75) is 25.7 Å². The summed E-state index contributed by atoms with van der Waals surface area (Å²) in [7, 11) is 0. The second-order valence-electron chi connectivity index (χ2n) is 4.27. The van der Waals surface area contributed by atoms with Gasteiger partial charge in [-0.25, -0.2) is 0 Å². The van der Waals surface area contributed by atoms with Gasteiger partial charge in [0.25, 0.3) is 0 Å². The smallest absolute Gasteiger partial charge is 0.0705 e. The molecule has 2 aromatic rings. The Kier molecular flexibility index (Phi) is 4.75. The Morgan fingerprint density at radius 2 is 1.89 bits per heavy atom. The molecule has 2 N–H and O–H groups in total. The van der Waals surface area contributed by atoms with Crippen molar-refractivity contribution in [1.29, 1.82) is 0 Å². The van der Waals surface area contributed by atoms with E-state index in [9.17, 15) is 0 Å². The second kappa shape index (κ2) is 6.78. The standard InChI is InChI=1S/C16H18N2/c17-13-7-3-1-2-4-9-15-12-11-14-8-5-6-10-16(14)18-15/h5-6,8,10-12H,1,3,7,9,13,17H2. The third kappa shape index (κ3) is 3.58. The first-order valence-corrected chi connectivity index (χ1v) is 6.40. The highest BCUT2D eigenvalue weighted by atomic mass is 14.7. The van der Waals surface area contributed by atoms with Crippen LogP contribution in [0, 0.1) is 11.8 Å². The van der Waals surface area contributed by atoms with Gasteiger partial charge in [-0.05, 0) is 31.5 Å². The number of benzene rings is 1. The van der Waals surface area contributed by atoms with Crippen LogP contribution in [-0.2, 0) is 6.42 Å². The Labute approximate surface area is 108 Å². The molecule has 18 heavy (non-hydrogen) atoms. The highest BCUT2D eigenvalue weighted by molar-refractivity contribution is 5.78. The molecular formula is C16H18N2. The average molecular weight is 238 g/mol. The van der Waals surface area contributed by atoms with E-state index in [-0.39, 0.29) is 0 Å². The molecule has 2 rings (SSSR count). The number of aromatic nitrogens is 1. The first-order chi connectivity index (χ1) is 8.90. The van der Waals surface area contributed by atoms with Gasteiger partial charge in [0.2, 0.25) is 0 Å². The summed E-state index contributed by atoms with van der Waals surface area (Å²) in [6.07, 6.45) is 3.82. The molecule has 0 aliphatic heterocycles. The highest BCUT2D eigenvalue weighted by Gasteiger charge is 1.95. The molecule has 0 saturated heterocycles. The van der Waals surface area contributed by atoms with Gasteiger partial charge in [0.15, 0.2) is 0 Å². The minimum Gasteiger partial charge on any atom is -0.330 e. The minimum absolute atomic E-state index is 0.730. The lowest BCUT2D eigenvalue weighted by Crippen LogP contribution is -1.97. The van der Waals surface area contributed by atoms with E-state index in [4.69, 9.17) is 5.73 Å². The Hall–Kier alpha value is -1.85. The molecule has 0 atom stereocenters. The maximum Gasteiger partial charge on any atom is 0.0705 e. The van der Waals surface area contributed by atoms with Crippen LogP contribution in [0.15, 0.2) is 36.4 Å². The van der Waals surface area contributed by atoms with E-state index in [1.165, 1.54) is 5.39 Å².